The second-order valence-corrected chi connectivity index (χ2v) is 9.96. The van der Waals surface area contributed by atoms with Crippen molar-refractivity contribution in [3.63, 3.8) is 0 Å². The van der Waals surface area contributed by atoms with E-state index in [0.29, 0.717) is 19.4 Å². The van der Waals surface area contributed by atoms with E-state index in [1.807, 2.05) is 60.7 Å². The van der Waals surface area contributed by atoms with Crippen molar-refractivity contribution >= 4 is 23.7 Å². The van der Waals surface area contributed by atoms with E-state index < -0.39 is 47.9 Å². The minimum absolute atomic E-state index is 0.132. The molecule has 4 atom stereocenters. The molecule has 0 saturated heterocycles. The summed E-state index contributed by atoms with van der Waals surface area (Å²) in [5, 5.41) is 17.6. The van der Waals surface area contributed by atoms with Gasteiger partial charge >= 0.3 is 5.97 Å². The minimum Gasteiger partial charge on any atom is -0.480 e. The van der Waals surface area contributed by atoms with Gasteiger partial charge in [-0.15, -0.1) is 0 Å². The van der Waals surface area contributed by atoms with Crippen molar-refractivity contribution in [2.45, 2.75) is 70.1 Å². The van der Waals surface area contributed by atoms with E-state index in [2.05, 4.69) is 16.0 Å². The maximum atomic E-state index is 13.5. The third kappa shape index (κ3) is 10.9. The highest BCUT2D eigenvalue weighted by atomic mass is 16.4. The molecule has 0 aliphatic heterocycles. The molecule has 0 aliphatic carbocycles. The van der Waals surface area contributed by atoms with Crippen molar-refractivity contribution in [3.05, 3.63) is 71.8 Å². The number of carboxylic acids is 1. The highest BCUT2D eigenvalue weighted by Crippen LogP contribution is 2.09. The number of amides is 3. The van der Waals surface area contributed by atoms with Gasteiger partial charge in [0.1, 0.15) is 18.1 Å². The molecular formula is C29H41N5O5. The SMILES string of the molecule is CC(C)C(NC(=O)C(Cc1ccccc1)NC(=O)C(Cc1ccccc1)NC(=O)C(N)CCCCN)C(=O)O. The van der Waals surface area contributed by atoms with E-state index in [-0.39, 0.29) is 18.8 Å². The number of carbonyl (C=O) groups excluding carboxylic acids is 3. The van der Waals surface area contributed by atoms with Crippen LogP contribution in [0.5, 0.6) is 0 Å². The van der Waals surface area contributed by atoms with Crippen LogP contribution >= 0.6 is 0 Å². The fraction of sp³-hybridized carbons (Fsp3) is 0.448. The number of unbranched alkanes of at least 4 members (excludes halogenated alkanes) is 1. The summed E-state index contributed by atoms with van der Waals surface area (Å²) in [5.74, 6) is -3.21. The predicted molar refractivity (Wildman–Crippen MR) is 149 cm³/mol. The van der Waals surface area contributed by atoms with Crippen molar-refractivity contribution < 1.29 is 24.3 Å². The Balaban J connectivity index is 2.27. The smallest absolute Gasteiger partial charge is 0.326 e. The van der Waals surface area contributed by atoms with Gasteiger partial charge in [-0.25, -0.2) is 4.79 Å². The number of carboxylic acid groups (broad SMARTS) is 1. The molecule has 0 fully saturated rings. The fourth-order valence-corrected chi connectivity index (χ4v) is 4.08. The summed E-state index contributed by atoms with van der Waals surface area (Å²) in [5.41, 5.74) is 13.2. The Morgan fingerprint density at radius 3 is 1.64 bits per heavy atom. The van der Waals surface area contributed by atoms with Crippen LogP contribution in [-0.2, 0) is 32.0 Å². The molecule has 212 valence electrons. The zero-order valence-corrected chi connectivity index (χ0v) is 22.6. The molecule has 10 nitrogen and oxygen atoms in total. The molecule has 2 rings (SSSR count). The topological polar surface area (TPSA) is 177 Å². The summed E-state index contributed by atoms with van der Waals surface area (Å²) in [4.78, 5) is 51.4. The Morgan fingerprint density at radius 1 is 0.744 bits per heavy atom. The molecule has 8 N–H and O–H groups in total. The average molecular weight is 540 g/mol. The third-order valence-electron chi connectivity index (χ3n) is 6.37. The van der Waals surface area contributed by atoms with Crippen LogP contribution in [0.25, 0.3) is 0 Å². The van der Waals surface area contributed by atoms with Gasteiger partial charge in [-0.1, -0.05) is 80.9 Å². The standard InChI is InChI=1S/C29H41N5O5/c1-19(2)25(29(38)39)34-28(37)24(18-21-13-7-4-8-14-21)33-27(36)23(17-20-11-5-3-6-12-20)32-26(35)22(31)15-9-10-16-30/h3-8,11-14,19,22-25H,9-10,15-18,30-31H2,1-2H3,(H,32,35)(H,33,36)(H,34,37)(H,38,39). The Bertz CT molecular complexity index is 1060. The van der Waals surface area contributed by atoms with Crippen LogP contribution in [0, 0.1) is 5.92 Å². The summed E-state index contributed by atoms with van der Waals surface area (Å²) < 4.78 is 0. The van der Waals surface area contributed by atoms with Crippen molar-refractivity contribution in [1.29, 1.82) is 0 Å². The molecule has 0 bridgehead atoms. The monoisotopic (exact) mass is 539 g/mol. The van der Waals surface area contributed by atoms with Crippen LogP contribution < -0.4 is 27.4 Å². The Morgan fingerprint density at radius 2 is 1.21 bits per heavy atom. The van der Waals surface area contributed by atoms with Gasteiger partial charge in [-0.2, -0.15) is 0 Å². The predicted octanol–water partition coefficient (Wildman–Crippen LogP) is 1.12. The molecule has 10 heteroatoms. The summed E-state index contributed by atoms with van der Waals surface area (Å²) in [7, 11) is 0. The zero-order chi connectivity index (χ0) is 28.8. The van der Waals surface area contributed by atoms with Gasteiger partial charge in [0.15, 0.2) is 0 Å². The molecule has 39 heavy (non-hydrogen) atoms. The molecule has 2 aromatic carbocycles. The van der Waals surface area contributed by atoms with Gasteiger partial charge in [0.25, 0.3) is 0 Å². The molecule has 0 spiro atoms. The van der Waals surface area contributed by atoms with Gasteiger partial charge < -0.3 is 32.5 Å². The number of hydrogen-bond donors (Lipinski definition) is 6. The first-order valence-corrected chi connectivity index (χ1v) is 13.3. The van der Waals surface area contributed by atoms with E-state index in [9.17, 15) is 24.3 Å². The molecule has 2 aromatic rings. The number of hydrogen-bond acceptors (Lipinski definition) is 6. The van der Waals surface area contributed by atoms with E-state index in [0.717, 1.165) is 17.5 Å². The Hall–Kier alpha value is -3.76. The molecule has 0 aliphatic rings. The van der Waals surface area contributed by atoms with Gasteiger partial charge in [-0.05, 0) is 36.4 Å². The first-order chi connectivity index (χ1) is 18.6. The number of aliphatic carboxylic acids is 1. The van der Waals surface area contributed by atoms with Crippen LogP contribution in [0.4, 0.5) is 0 Å². The van der Waals surface area contributed by atoms with Crippen molar-refractivity contribution in [2.75, 3.05) is 6.54 Å². The van der Waals surface area contributed by atoms with Crippen LogP contribution in [0.15, 0.2) is 60.7 Å². The number of rotatable bonds is 16. The average Bonchev–Trinajstić information content (AvgIpc) is 2.91. The Labute approximate surface area is 229 Å². The Kier molecular flexibility index (Phi) is 13.1. The lowest BCUT2D eigenvalue weighted by Gasteiger charge is -2.26. The number of nitrogens with one attached hydrogen (secondary N) is 3. The molecule has 3 amide bonds. The maximum absolute atomic E-state index is 13.5. The molecule has 4 unspecified atom stereocenters. The van der Waals surface area contributed by atoms with Crippen molar-refractivity contribution in [2.24, 2.45) is 17.4 Å². The number of carbonyl (C=O) groups is 4. The van der Waals surface area contributed by atoms with Crippen LogP contribution in [-0.4, -0.2) is 59.5 Å². The van der Waals surface area contributed by atoms with Crippen molar-refractivity contribution in [3.8, 4) is 0 Å². The highest BCUT2D eigenvalue weighted by Gasteiger charge is 2.31. The van der Waals surface area contributed by atoms with Crippen LogP contribution in [0.1, 0.15) is 44.2 Å². The summed E-state index contributed by atoms with van der Waals surface area (Å²) in [6.45, 7) is 3.87. The first-order valence-electron chi connectivity index (χ1n) is 13.3. The molecule has 0 aromatic heterocycles. The van der Waals surface area contributed by atoms with E-state index in [1.165, 1.54) is 0 Å². The highest BCUT2D eigenvalue weighted by molar-refractivity contribution is 5.94. The normalized spacial score (nSPS) is 14.1. The molecular weight excluding hydrogens is 498 g/mol. The fourth-order valence-electron chi connectivity index (χ4n) is 4.08. The van der Waals surface area contributed by atoms with Crippen molar-refractivity contribution in [1.82, 2.24) is 16.0 Å². The lowest BCUT2D eigenvalue weighted by atomic mass is 10.0. The van der Waals surface area contributed by atoms with E-state index >= 15 is 0 Å². The van der Waals surface area contributed by atoms with Gasteiger partial charge in [0, 0.05) is 12.8 Å². The largest absolute Gasteiger partial charge is 0.480 e. The second-order valence-electron chi connectivity index (χ2n) is 9.96. The minimum atomic E-state index is -1.17. The lowest BCUT2D eigenvalue weighted by molar-refractivity contribution is -0.143. The second kappa shape index (κ2) is 16.3. The van der Waals surface area contributed by atoms with Gasteiger partial charge in [0.2, 0.25) is 17.7 Å². The van der Waals surface area contributed by atoms with E-state index in [4.69, 9.17) is 11.5 Å². The first kappa shape index (κ1) is 31.5. The van der Waals surface area contributed by atoms with Crippen LogP contribution in [0.3, 0.4) is 0 Å². The van der Waals surface area contributed by atoms with E-state index in [1.54, 1.807) is 13.8 Å². The lowest BCUT2D eigenvalue weighted by Crippen LogP contribution is -2.58. The van der Waals surface area contributed by atoms with Gasteiger partial charge in [-0.3, -0.25) is 14.4 Å². The molecule has 0 heterocycles. The summed E-state index contributed by atoms with van der Waals surface area (Å²) in [6.07, 6.45) is 2.15. The number of nitrogens with two attached hydrogens (primary N) is 2. The summed E-state index contributed by atoms with van der Waals surface area (Å²) >= 11 is 0. The quantitative estimate of drug-likeness (QED) is 0.173. The zero-order valence-electron chi connectivity index (χ0n) is 22.6. The van der Waals surface area contributed by atoms with Gasteiger partial charge in [0.05, 0.1) is 6.04 Å². The number of benzene rings is 2. The summed E-state index contributed by atoms with van der Waals surface area (Å²) in [6, 6.07) is 14.2. The molecule has 0 saturated carbocycles. The third-order valence-corrected chi connectivity index (χ3v) is 6.37. The van der Waals surface area contributed by atoms with Crippen LogP contribution in [0.2, 0.25) is 0 Å². The molecule has 0 radical (unpaired) electrons. The maximum Gasteiger partial charge on any atom is 0.326 e.